The average molecular weight is 381 g/mol. The molecule has 1 aliphatic carbocycles. The summed E-state index contributed by atoms with van der Waals surface area (Å²) in [5, 5.41) is 9.53. The first-order chi connectivity index (χ1) is 13.7. The SMILES string of the molecule is CN=C(NCc1ccc2cc(OC)ccc2c1)NC1CCN(C2CCCC2)C1. The standard InChI is InChI=1S/C23H32N4O/c1-24-23(26-20-11-12-27(16-20)21-5-3-4-6-21)25-15-17-7-8-19-14-22(28-2)10-9-18(19)13-17/h7-10,13-14,20-21H,3-6,11-12,15-16H2,1-2H3,(H2,24,25,26). The number of guanidine groups is 1. The zero-order chi connectivity index (χ0) is 19.3. The summed E-state index contributed by atoms with van der Waals surface area (Å²) in [6.45, 7) is 3.12. The van der Waals surface area contributed by atoms with Gasteiger partial charge in [-0.1, -0.05) is 31.0 Å². The number of benzene rings is 2. The van der Waals surface area contributed by atoms with Gasteiger partial charge < -0.3 is 15.4 Å². The molecule has 1 aliphatic heterocycles. The molecule has 2 N–H and O–H groups in total. The number of fused-ring (bicyclic) bond motifs is 1. The van der Waals surface area contributed by atoms with Gasteiger partial charge in [-0.25, -0.2) is 0 Å². The number of likely N-dealkylation sites (tertiary alicyclic amines) is 1. The minimum absolute atomic E-state index is 0.496. The van der Waals surface area contributed by atoms with Gasteiger partial charge in [0.2, 0.25) is 0 Å². The van der Waals surface area contributed by atoms with E-state index in [1.165, 1.54) is 55.0 Å². The second-order valence-electron chi connectivity index (χ2n) is 8.04. The molecule has 2 aromatic rings. The quantitative estimate of drug-likeness (QED) is 0.615. The highest BCUT2D eigenvalue weighted by Crippen LogP contribution is 2.26. The van der Waals surface area contributed by atoms with E-state index in [4.69, 9.17) is 4.74 Å². The zero-order valence-electron chi connectivity index (χ0n) is 17.1. The summed E-state index contributed by atoms with van der Waals surface area (Å²) < 4.78 is 5.31. The van der Waals surface area contributed by atoms with Gasteiger partial charge in [0, 0.05) is 38.8 Å². The van der Waals surface area contributed by atoms with Crippen molar-refractivity contribution < 1.29 is 4.74 Å². The van der Waals surface area contributed by atoms with Gasteiger partial charge in [-0.05, 0) is 53.8 Å². The van der Waals surface area contributed by atoms with E-state index in [1.807, 2.05) is 13.1 Å². The van der Waals surface area contributed by atoms with Crippen molar-refractivity contribution in [3.05, 3.63) is 42.0 Å². The Hall–Kier alpha value is -2.27. The van der Waals surface area contributed by atoms with E-state index in [-0.39, 0.29) is 0 Å². The van der Waals surface area contributed by atoms with Gasteiger partial charge in [-0.2, -0.15) is 0 Å². The molecule has 28 heavy (non-hydrogen) atoms. The number of aliphatic imine (C=N–C) groups is 1. The van der Waals surface area contributed by atoms with Crippen molar-refractivity contribution in [2.45, 2.75) is 50.7 Å². The van der Waals surface area contributed by atoms with Gasteiger partial charge >= 0.3 is 0 Å². The van der Waals surface area contributed by atoms with Gasteiger partial charge in [0.05, 0.1) is 7.11 Å². The van der Waals surface area contributed by atoms with E-state index in [2.05, 4.69) is 50.9 Å². The molecule has 2 aromatic carbocycles. The van der Waals surface area contributed by atoms with Crippen LogP contribution in [0, 0.1) is 0 Å². The second kappa shape index (κ2) is 8.82. The van der Waals surface area contributed by atoms with Crippen LogP contribution in [0.2, 0.25) is 0 Å². The Bertz CT molecular complexity index is 828. The van der Waals surface area contributed by atoms with Crippen molar-refractivity contribution in [3.63, 3.8) is 0 Å². The van der Waals surface area contributed by atoms with Crippen LogP contribution in [0.15, 0.2) is 41.4 Å². The summed E-state index contributed by atoms with van der Waals surface area (Å²) in [7, 11) is 3.56. The predicted octanol–water partition coefficient (Wildman–Crippen LogP) is 3.53. The molecule has 1 unspecified atom stereocenters. The molecule has 1 saturated heterocycles. The third kappa shape index (κ3) is 4.41. The van der Waals surface area contributed by atoms with Gasteiger partial charge in [-0.15, -0.1) is 0 Å². The summed E-state index contributed by atoms with van der Waals surface area (Å²) >= 11 is 0. The summed E-state index contributed by atoms with van der Waals surface area (Å²) in [4.78, 5) is 7.11. The predicted molar refractivity (Wildman–Crippen MR) is 116 cm³/mol. The van der Waals surface area contributed by atoms with E-state index in [1.54, 1.807) is 7.11 Å². The molecular weight excluding hydrogens is 348 g/mol. The first kappa shape index (κ1) is 19.1. The van der Waals surface area contributed by atoms with Crippen LogP contribution in [-0.2, 0) is 6.54 Å². The van der Waals surface area contributed by atoms with Gasteiger partial charge in [0.25, 0.3) is 0 Å². The molecule has 0 aromatic heterocycles. The molecule has 1 saturated carbocycles. The number of rotatable bonds is 5. The fourth-order valence-corrected chi connectivity index (χ4v) is 4.59. The van der Waals surface area contributed by atoms with Crippen LogP contribution >= 0.6 is 0 Å². The molecule has 2 fully saturated rings. The lowest BCUT2D eigenvalue weighted by Gasteiger charge is -2.24. The highest BCUT2D eigenvalue weighted by Gasteiger charge is 2.30. The first-order valence-electron chi connectivity index (χ1n) is 10.5. The molecule has 0 bridgehead atoms. The lowest BCUT2D eigenvalue weighted by Crippen LogP contribution is -2.45. The van der Waals surface area contributed by atoms with Crippen LogP contribution < -0.4 is 15.4 Å². The minimum atomic E-state index is 0.496. The molecule has 0 radical (unpaired) electrons. The topological polar surface area (TPSA) is 48.9 Å². The number of nitrogens with one attached hydrogen (secondary N) is 2. The van der Waals surface area contributed by atoms with Crippen LogP contribution in [0.1, 0.15) is 37.7 Å². The summed E-state index contributed by atoms with van der Waals surface area (Å²) in [5.41, 5.74) is 1.25. The van der Waals surface area contributed by atoms with Crippen LogP contribution in [0.4, 0.5) is 0 Å². The maximum atomic E-state index is 5.31. The number of nitrogens with zero attached hydrogens (tertiary/aromatic N) is 2. The lowest BCUT2D eigenvalue weighted by molar-refractivity contribution is 0.242. The largest absolute Gasteiger partial charge is 0.497 e. The Kier molecular flexibility index (Phi) is 6.01. The number of hydrogen-bond donors (Lipinski definition) is 2. The Morgan fingerprint density at radius 3 is 2.68 bits per heavy atom. The van der Waals surface area contributed by atoms with E-state index in [9.17, 15) is 0 Å². The normalized spacial score (nSPS) is 21.4. The van der Waals surface area contributed by atoms with Crippen molar-refractivity contribution in [1.29, 1.82) is 0 Å². The molecule has 5 heteroatoms. The smallest absolute Gasteiger partial charge is 0.191 e. The molecule has 4 rings (SSSR count). The van der Waals surface area contributed by atoms with Gasteiger partial charge in [0.15, 0.2) is 5.96 Å². The number of ether oxygens (including phenoxy) is 1. The lowest BCUT2D eigenvalue weighted by atomic mass is 10.1. The zero-order valence-corrected chi connectivity index (χ0v) is 17.1. The fraction of sp³-hybridized carbons (Fsp3) is 0.522. The van der Waals surface area contributed by atoms with Crippen LogP contribution in [0.5, 0.6) is 5.75 Å². The third-order valence-corrected chi connectivity index (χ3v) is 6.20. The highest BCUT2D eigenvalue weighted by atomic mass is 16.5. The molecule has 2 aliphatic rings. The van der Waals surface area contributed by atoms with Crippen molar-refractivity contribution in [2.75, 3.05) is 27.2 Å². The molecule has 0 amide bonds. The van der Waals surface area contributed by atoms with Crippen LogP contribution in [0.3, 0.4) is 0 Å². The maximum absolute atomic E-state index is 5.31. The average Bonchev–Trinajstić information content (AvgIpc) is 3.42. The molecule has 150 valence electrons. The molecular formula is C23H32N4O. The molecule has 1 atom stereocenters. The van der Waals surface area contributed by atoms with Crippen LogP contribution in [0.25, 0.3) is 10.8 Å². The summed E-state index contributed by atoms with van der Waals surface area (Å²) in [6, 6.07) is 14.1. The summed E-state index contributed by atoms with van der Waals surface area (Å²) in [6.07, 6.45) is 6.78. The molecule has 0 spiro atoms. The first-order valence-corrected chi connectivity index (χ1v) is 10.5. The molecule has 5 nitrogen and oxygen atoms in total. The monoisotopic (exact) mass is 380 g/mol. The Morgan fingerprint density at radius 1 is 1.11 bits per heavy atom. The second-order valence-corrected chi connectivity index (χ2v) is 8.04. The van der Waals surface area contributed by atoms with E-state index >= 15 is 0 Å². The Morgan fingerprint density at radius 2 is 1.89 bits per heavy atom. The number of methoxy groups -OCH3 is 1. The van der Waals surface area contributed by atoms with E-state index < -0.39 is 0 Å². The van der Waals surface area contributed by atoms with E-state index in [0.29, 0.717) is 6.04 Å². The van der Waals surface area contributed by atoms with Crippen molar-refractivity contribution in [2.24, 2.45) is 4.99 Å². The van der Waals surface area contributed by atoms with Crippen molar-refractivity contribution in [1.82, 2.24) is 15.5 Å². The van der Waals surface area contributed by atoms with Gasteiger partial charge in [-0.3, -0.25) is 9.89 Å². The maximum Gasteiger partial charge on any atom is 0.191 e. The number of hydrogen-bond acceptors (Lipinski definition) is 3. The van der Waals surface area contributed by atoms with Crippen LogP contribution in [-0.4, -0.2) is 50.2 Å². The Labute approximate surface area is 168 Å². The van der Waals surface area contributed by atoms with Crippen molar-refractivity contribution in [3.8, 4) is 5.75 Å². The summed E-state index contributed by atoms with van der Waals surface area (Å²) in [5.74, 6) is 1.79. The van der Waals surface area contributed by atoms with Crippen molar-refractivity contribution >= 4 is 16.7 Å². The Balaban J connectivity index is 1.31. The van der Waals surface area contributed by atoms with E-state index in [0.717, 1.165) is 30.8 Å². The highest BCUT2D eigenvalue weighted by molar-refractivity contribution is 5.85. The van der Waals surface area contributed by atoms with Gasteiger partial charge in [0.1, 0.15) is 5.75 Å². The third-order valence-electron chi connectivity index (χ3n) is 6.20. The molecule has 1 heterocycles. The minimum Gasteiger partial charge on any atom is -0.497 e. The fourth-order valence-electron chi connectivity index (χ4n) is 4.59.